The number of nitrogens with zero attached hydrogens (tertiary/aromatic N) is 3. The Kier molecular flexibility index (Phi) is 9.09. The van der Waals surface area contributed by atoms with Crippen LogP contribution in [0.25, 0.3) is 0 Å². The fourth-order valence-electron chi connectivity index (χ4n) is 3.81. The van der Waals surface area contributed by atoms with Gasteiger partial charge in [0.05, 0.1) is 14.2 Å². The van der Waals surface area contributed by atoms with Crippen molar-refractivity contribution in [2.24, 2.45) is 4.99 Å². The van der Waals surface area contributed by atoms with Crippen LogP contribution in [0.2, 0.25) is 0 Å². The summed E-state index contributed by atoms with van der Waals surface area (Å²) in [4.78, 5) is 20.6. The van der Waals surface area contributed by atoms with Crippen molar-refractivity contribution < 1.29 is 14.3 Å². The molecule has 1 heterocycles. The van der Waals surface area contributed by atoms with E-state index in [2.05, 4.69) is 28.2 Å². The number of hydrogen-bond acceptors (Lipinski definition) is 4. The summed E-state index contributed by atoms with van der Waals surface area (Å²) in [6, 6.07) is 6.32. The molecule has 0 aromatic heterocycles. The van der Waals surface area contributed by atoms with E-state index in [4.69, 9.17) is 9.47 Å². The van der Waals surface area contributed by atoms with Gasteiger partial charge < -0.3 is 24.6 Å². The Morgan fingerprint density at radius 3 is 2.66 bits per heavy atom. The average molecular weight is 405 g/mol. The van der Waals surface area contributed by atoms with Crippen LogP contribution in [0.4, 0.5) is 0 Å². The smallest absolute Gasteiger partial charge is 0.222 e. The summed E-state index contributed by atoms with van der Waals surface area (Å²) in [7, 11) is 7.14. The molecular weight excluding hydrogens is 368 g/mol. The Labute approximate surface area is 175 Å². The minimum Gasteiger partial charge on any atom is -0.493 e. The molecule has 0 spiro atoms. The number of nitrogens with one attached hydrogen (secondary N) is 1. The van der Waals surface area contributed by atoms with E-state index in [1.54, 1.807) is 21.3 Å². The van der Waals surface area contributed by atoms with E-state index in [9.17, 15) is 4.79 Å². The van der Waals surface area contributed by atoms with Crippen molar-refractivity contribution in [1.82, 2.24) is 15.1 Å². The lowest BCUT2D eigenvalue weighted by Gasteiger charge is -2.28. The fourth-order valence-corrected chi connectivity index (χ4v) is 3.81. The largest absolute Gasteiger partial charge is 0.493 e. The Morgan fingerprint density at radius 1 is 1.31 bits per heavy atom. The van der Waals surface area contributed by atoms with Crippen LogP contribution in [-0.2, 0) is 11.2 Å². The Morgan fingerprint density at radius 2 is 2.07 bits per heavy atom. The van der Waals surface area contributed by atoms with E-state index in [0.717, 1.165) is 62.8 Å². The Balaban J connectivity index is 1.82. The van der Waals surface area contributed by atoms with E-state index in [0.29, 0.717) is 18.4 Å². The maximum absolute atomic E-state index is 12.0. The van der Waals surface area contributed by atoms with Crippen LogP contribution < -0.4 is 14.8 Å². The molecule has 0 aliphatic carbocycles. The lowest BCUT2D eigenvalue weighted by atomic mass is 10.1. The number of carbonyl (C=O) groups excluding carboxylic acids is 1. The van der Waals surface area contributed by atoms with Gasteiger partial charge in [-0.1, -0.05) is 13.0 Å². The predicted molar refractivity (Wildman–Crippen MR) is 117 cm³/mol. The zero-order valence-corrected chi connectivity index (χ0v) is 18.5. The molecule has 1 atom stereocenters. The van der Waals surface area contributed by atoms with E-state index < -0.39 is 0 Å². The van der Waals surface area contributed by atoms with Crippen molar-refractivity contribution >= 4 is 11.9 Å². The number of rotatable bonds is 10. The van der Waals surface area contributed by atoms with Gasteiger partial charge in [0.1, 0.15) is 0 Å². The number of methoxy groups -OCH3 is 2. The summed E-state index contributed by atoms with van der Waals surface area (Å²) in [5.41, 5.74) is 1.18. The topological polar surface area (TPSA) is 66.4 Å². The first-order valence-electron chi connectivity index (χ1n) is 10.5. The van der Waals surface area contributed by atoms with Gasteiger partial charge in [-0.05, 0) is 43.4 Å². The SMILES string of the molecule is CCC(CCNC(=NC)N(C)CCc1ccc(OC)c(OC)c1)N1CCCC1=O. The number of benzene rings is 1. The number of guanidine groups is 1. The monoisotopic (exact) mass is 404 g/mol. The van der Waals surface area contributed by atoms with Gasteiger partial charge in [0.2, 0.25) is 5.91 Å². The van der Waals surface area contributed by atoms with Crippen molar-refractivity contribution in [1.29, 1.82) is 0 Å². The van der Waals surface area contributed by atoms with Gasteiger partial charge in [-0.15, -0.1) is 0 Å². The molecule has 162 valence electrons. The number of ether oxygens (including phenoxy) is 2. The lowest BCUT2D eigenvalue weighted by Crippen LogP contribution is -2.43. The van der Waals surface area contributed by atoms with Gasteiger partial charge in [0.15, 0.2) is 17.5 Å². The zero-order valence-electron chi connectivity index (χ0n) is 18.5. The van der Waals surface area contributed by atoms with Gasteiger partial charge >= 0.3 is 0 Å². The number of likely N-dealkylation sites (tertiary alicyclic amines) is 1. The van der Waals surface area contributed by atoms with Crippen LogP contribution in [0.3, 0.4) is 0 Å². The average Bonchev–Trinajstić information content (AvgIpc) is 3.17. The number of hydrogen-bond donors (Lipinski definition) is 1. The Hall–Kier alpha value is -2.44. The second-order valence-electron chi connectivity index (χ2n) is 7.38. The number of carbonyl (C=O) groups is 1. The van der Waals surface area contributed by atoms with Crippen LogP contribution in [0.5, 0.6) is 11.5 Å². The second-order valence-corrected chi connectivity index (χ2v) is 7.38. The summed E-state index contributed by atoms with van der Waals surface area (Å²) < 4.78 is 10.7. The van der Waals surface area contributed by atoms with Crippen molar-refractivity contribution in [2.75, 3.05) is 47.9 Å². The maximum atomic E-state index is 12.0. The standard InChI is InChI=1S/C22H36N4O3/c1-6-18(26-14-7-8-21(26)27)11-13-24-22(23-2)25(3)15-12-17-9-10-19(28-4)20(16-17)29-5/h9-10,16,18H,6-8,11-15H2,1-5H3,(H,23,24). The second kappa shape index (κ2) is 11.5. The molecule has 1 saturated heterocycles. The van der Waals surface area contributed by atoms with E-state index in [1.165, 1.54) is 5.56 Å². The Bertz CT molecular complexity index is 693. The molecule has 1 amide bonds. The molecule has 1 unspecified atom stereocenters. The highest BCUT2D eigenvalue weighted by atomic mass is 16.5. The molecule has 1 fully saturated rings. The highest BCUT2D eigenvalue weighted by Crippen LogP contribution is 2.27. The summed E-state index contributed by atoms with van der Waals surface area (Å²) >= 11 is 0. The first-order valence-corrected chi connectivity index (χ1v) is 10.5. The lowest BCUT2D eigenvalue weighted by molar-refractivity contribution is -0.129. The molecule has 0 bridgehead atoms. The van der Waals surface area contributed by atoms with Crippen LogP contribution in [0.1, 0.15) is 38.2 Å². The van der Waals surface area contributed by atoms with Gasteiger partial charge in [-0.25, -0.2) is 0 Å². The van der Waals surface area contributed by atoms with E-state index in [-0.39, 0.29) is 0 Å². The summed E-state index contributed by atoms with van der Waals surface area (Å²) in [6.07, 6.45) is 4.48. The number of aliphatic imine (C=N–C) groups is 1. The molecule has 1 aromatic rings. The van der Waals surface area contributed by atoms with Crippen LogP contribution in [0, 0.1) is 0 Å². The molecule has 2 rings (SSSR count). The third kappa shape index (κ3) is 6.27. The molecular formula is C22H36N4O3. The normalized spacial score (nSPS) is 15.4. The number of amides is 1. The quantitative estimate of drug-likeness (QED) is 0.480. The molecule has 1 aromatic carbocycles. The zero-order chi connectivity index (χ0) is 21.2. The number of likely N-dealkylation sites (N-methyl/N-ethyl adjacent to an activating group) is 1. The minimum atomic E-state index is 0.299. The van der Waals surface area contributed by atoms with Crippen LogP contribution in [0.15, 0.2) is 23.2 Å². The highest BCUT2D eigenvalue weighted by Gasteiger charge is 2.26. The van der Waals surface area contributed by atoms with Crippen molar-refractivity contribution in [3.63, 3.8) is 0 Å². The molecule has 7 heteroatoms. The van der Waals surface area contributed by atoms with Crippen molar-refractivity contribution in [2.45, 2.75) is 45.1 Å². The third-order valence-electron chi connectivity index (χ3n) is 5.54. The van der Waals surface area contributed by atoms with Gasteiger partial charge in [-0.2, -0.15) is 0 Å². The molecule has 0 radical (unpaired) electrons. The molecule has 7 nitrogen and oxygen atoms in total. The van der Waals surface area contributed by atoms with Gasteiger partial charge in [0.25, 0.3) is 0 Å². The first-order chi connectivity index (χ1) is 14.0. The van der Waals surface area contributed by atoms with Gasteiger partial charge in [0, 0.05) is 46.2 Å². The first kappa shape index (κ1) is 22.8. The van der Waals surface area contributed by atoms with Crippen molar-refractivity contribution in [3.8, 4) is 11.5 Å². The van der Waals surface area contributed by atoms with Gasteiger partial charge in [-0.3, -0.25) is 9.79 Å². The van der Waals surface area contributed by atoms with Crippen LogP contribution >= 0.6 is 0 Å². The summed E-state index contributed by atoms with van der Waals surface area (Å²) in [5, 5.41) is 3.44. The minimum absolute atomic E-state index is 0.299. The molecule has 1 aliphatic heterocycles. The summed E-state index contributed by atoms with van der Waals surface area (Å²) in [6.45, 7) is 4.68. The van der Waals surface area contributed by atoms with Crippen molar-refractivity contribution in [3.05, 3.63) is 23.8 Å². The fraction of sp³-hybridized carbons (Fsp3) is 0.636. The predicted octanol–water partition coefficient (Wildman–Crippen LogP) is 2.54. The van der Waals surface area contributed by atoms with E-state index in [1.807, 2.05) is 24.1 Å². The summed E-state index contributed by atoms with van der Waals surface area (Å²) in [5.74, 6) is 2.66. The molecule has 1 N–H and O–H groups in total. The van der Waals surface area contributed by atoms with Crippen LogP contribution in [-0.4, -0.2) is 75.7 Å². The molecule has 1 aliphatic rings. The maximum Gasteiger partial charge on any atom is 0.222 e. The molecule has 29 heavy (non-hydrogen) atoms. The highest BCUT2D eigenvalue weighted by molar-refractivity contribution is 5.79. The van der Waals surface area contributed by atoms with E-state index >= 15 is 0 Å². The third-order valence-corrected chi connectivity index (χ3v) is 5.54. The molecule has 0 saturated carbocycles.